The monoisotopic (exact) mass is 212 g/mol. The Morgan fingerprint density at radius 2 is 1.12 bits per heavy atom. The van der Waals surface area contributed by atoms with Gasteiger partial charge in [0.1, 0.15) is 0 Å². The summed E-state index contributed by atoms with van der Waals surface area (Å²) in [5, 5.41) is 0. The third kappa shape index (κ3) is 111. The summed E-state index contributed by atoms with van der Waals surface area (Å²) in [5.74, 6) is 0. The van der Waals surface area contributed by atoms with Crippen LogP contribution in [0.25, 0.3) is 0 Å². The van der Waals surface area contributed by atoms with E-state index in [4.69, 9.17) is 19.2 Å². The van der Waals surface area contributed by atoms with E-state index >= 15 is 0 Å². The van der Waals surface area contributed by atoms with Crippen molar-refractivity contribution in [2.24, 2.45) is 0 Å². The third-order valence-electron chi connectivity index (χ3n) is 0. The number of rotatable bonds is 0. The van der Waals surface area contributed by atoms with Crippen LogP contribution >= 0.6 is 7.82 Å². The summed E-state index contributed by atoms with van der Waals surface area (Å²) >= 11 is 0. The molecule has 8 heavy (non-hydrogen) atoms. The third-order valence-corrected chi connectivity index (χ3v) is 0. The molecule has 0 unspecified atom stereocenters. The minimum absolute atomic E-state index is 0. The second-order valence-electron chi connectivity index (χ2n) is 0.447. The SMILES string of the molecule is O=P([O-])([O-])[O-].[Co+2].[Li+].[V]. The maximum atomic E-state index is 8.55. The zero-order chi connectivity index (χ0) is 4.50. The average Bonchev–Trinajstić information content (AvgIpc) is 0.722. The summed E-state index contributed by atoms with van der Waals surface area (Å²) in [6.45, 7) is 0. The number of hydrogen-bond donors (Lipinski definition) is 0. The summed E-state index contributed by atoms with van der Waals surface area (Å²) in [6.07, 6.45) is 0. The van der Waals surface area contributed by atoms with E-state index in [1.54, 1.807) is 0 Å². The van der Waals surface area contributed by atoms with Crippen molar-refractivity contribution in [3.05, 3.63) is 0 Å². The molecular formula is CoLiO4PV. The first-order valence-electron chi connectivity index (χ1n) is 0.730. The molecule has 0 aromatic carbocycles. The maximum Gasteiger partial charge on any atom is 2.00 e. The first-order chi connectivity index (χ1) is 2.00. The van der Waals surface area contributed by atoms with Gasteiger partial charge in [-0.2, -0.15) is 7.82 Å². The van der Waals surface area contributed by atoms with Crippen LogP contribution in [0.15, 0.2) is 0 Å². The van der Waals surface area contributed by atoms with Gasteiger partial charge in [-0.3, -0.25) is 0 Å². The molecule has 0 aliphatic carbocycles. The largest absolute Gasteiger partial charge is 2.00 e. The Labute approximate surface area is 80.9 Å². The van der Waals surface area contributed by atoms with Crippen LogP contribution in [0.1, 0.15) is 0 Å². The fraction of sp³-hybridized carbons (Fsp3) is 0. The van der Waals surface area contributed by atoms with E-state index in [1.165, 1.54) is 0 Å². The summed E-state index contributed by atoms with van der Waals surface area (Å²) in [5.41, 5.74) is 0. The molecule has 44 valence electrons. The van der Waals surface area contributed by atoms with Crippen LogP contribution in [0.5, 0.6) is 0 Å². The van der Waals surface area contributed by atoms with E-state index in [0.29, 0.717) is 0 Å². The first-order valence-corrected chi connectivity index (χ1v) is 2.19. The predicted molar refractivity (Wildman–Crippen MR) is 7.61 cm³/mol. The van der Waals surface area contributed by atoms with E-state index in [-0.39, 0.29) is 54.2 Å². The predicted octanol–water partition coefficient (Wildman–Crippen LogP) is -5.83. The van der Waals surface area contributed by atoms with Gasteiger partial charge in [0.25, 0.3) is 0 Å². The van der Waals surface area contributed by atoms with E-state index in [9.17, 15) is 0 Å². The molecule has 0 aromatic heterocycles. The Morgan fingerprint density at radius 3 is 1.12 bits per heavy atom. The van der Waals surface area contributed by atoms with Crippen molar-refractivity contribution in [3.63, 3.8) is 0 Å². The molecule has 0 atom stereocenters. The molecule has 0 fully saturated rings. The normalized spacial score (nSPS) is 7.38. The van der Waals surface area contributed by atoms with E-state index < -0.39 is 7.82 Å². The molecule has 0 aliphatic rings. The maximum absolute atomic E-state index is 8.55. The summed E-state index contributed by atoms with van der Waals surface area (Å²) in [7, 11) is -5.39. The molecule has 0 aromatic rings. The number of hydrogen-bond acceptors (Lipinski definition) is 4. The summed E-state index contributed by atoms with van der Waals surface area (Å²) in [6, 6.07) is 0. The van der Waals surface area contributed by atoms with Crippen LogP contribution in [0, 0.1) is 0 Å². The Morgan fingerprint density at radius 1 is 1.12 bits per heavy atom. The molecule has 4 nitrogen and oxygen atoms in total. The second-order valence-corrected chi connectivity index (χ2v) is 1.34. The minimum Gasteiger partial charge on any atom is -0.822 e. The smallest absolute Gasteiger partial charge is 0.822 e. The van der Waals surface area contributed by atoms with Crippen LogP contribution in [-0.4, -0.2) is 0 Å². The van der Waals surface area contributed by atoms with Crippen molar-refractivity contribution in [2.75, 3.05) is 0 Å². The van der Waals surface area contributed by atoms with Crippen LogP contribution < -0.4 is 33.5 Å². The van der Waals surface area contributed by atoms with Gasteiger partial charge in [0.05, 0.1) is 0 Å². The van der Waals surface area contributed by atoms with Gasteiger partial charge in [-0.1, -0.05) is 0 Å². The van der Waals surface area contributed by atoms with Gasteiger partial charge >= 0.3 is 35.6 Å². The Balaban J connectivity index is -0.0000000267. The van der Waals surface area contributed by atoms with E-state index in [1.807, 2.05) is 0 Å². The van der Waals surface area contributed by atoms with Crippen LogP contribution in [0.3, 0.4) is 0 Å². The van der Waals surface area contributed by atoms with Gasteiger partial charge in [0.15, 0.2) is 0 Å². The standard InChI is InChI=1S/Co.Li.H3O4P.V/c;;1-5(2,3)4;/h;;(H3,1,2,3,4);/q+2;+1;;/p-3. The van der Waals surface area contributed by atoms with Gasteiger partial charge < -0.3 is 19.2 Å². The molecule has 2 radical (unpaired) electrons. The fourth-order valence-corrected chi connectivity index (χ4v) is 0. The Hall–Kier alpha value is 1.80. The van der Waals surface area contributed by atoms with Crippen LogP contribution in [0.2, 0.25) is 0 Å². The average molecular weight is 212 g/mol. The van der Waals surface area contributed by atoms with Gasteiger partial charge in [0, 0.05) is 18.6 Å². The zero-order valence-corrected chi connectivity index (χ0v) is 7.19. The van der Waals surface area contributed by atoms with Crippen LogP contribution in [0.4, 0.5) is 0 Å². The van der Waals surface area contributed by atoms with Crippen molar-refractivity contribution in [1.29, 1.82) is 0 Å². The Bertz CT molecular complexity index is 62.2. The molecule has 0 N–H and O–H groups in total. The molecular weight excluding hydrogens is 212 g/mol. The van der Waals surface area contributed by atoms with E-state index in [2.05, 4.69) is 0 Å². The number of phosphoric acid groups is 1. The Kier molecular flexibility index (Phi) is 24.8. The van der Waals surface area contributed by atoms with Crippen molar-refractivity contribution < 1.29 is 73.4 Å². The van der Waals surface area contributed by atoms with Crippen molar-refractivity contribution in [2.45, 2.75) is 0 Å². The molecule has 0 aliphatic heterocycles. The molecule has 0 bridgehead atoms. The molecule has 0 saturated heterocycles. The fourth-order valence-electron chi connectivity index (χ4n) is 0. The van der Waals surface area contributed by atoms with Crippen molar-refractivity contribution >= 4 is 7.82 Å². The molecule has 0 spiro atoms. The van der Waals surface area contributed by atoms with Gasteiger partial charge in [0.2, 0.25) is 0 Å². The van der Waals surface area contributed by atoms with Crippen LogP contribution in [-0.2, 0) is 39.9 Å². The first kappa shape index (κ1) is 22.6. The summed E-state index contributed by atoms with van der Waals surface area (Å²) < 4.78 is 8.55. The van der Waals surface area contributed by atoms with Gasteiger partial charge in [-0.05, 0) is 0 Å². The van der Waals surface area contributed by atoms with E-state index in [0.717, 1.165) is 0 Å². The zero-order valence-electron chi connectivity index (χ0n) is 3.86. The minimum atomic E-state index is -5.39. The quantitative estimate of drug-likeness (QED) is 0.295. The molecule has 0 amide bonds. The molecule has 0 saturated carbocycles. The molecule has 8 heteroatoms. The van der Waals surface area contributed by atoms with Gasteiger partial charge in [-0.15, -0.1) is 0 Å². The van der Waals surface area contributed by atoms with Crippen molar-refractivity contribution in [1.82, 2.24) is 0 Å². The summed E-state index contributed by atoms with van der Waals surface area (Å²) in [4.78, 5) is 25.6. The van der Waals surface area contributed by atoms with Gasteiger partial charge in [-0.25, -0.2) is 0 Å². The topological polar surface area (TPSA) is 86.2 Å². The molecule has 0 rings (SSSR count). The second kappa shape index (κ2) is 8.80. The molecule has 0 heterocycles. The van der Waals surface area contributed by atoms with Crippen molar-refractivity contribution in [3.8, 4) is 0 Å².